The van der Waals surface area contributed by atoms with Crippen molar-refractivity contribution in [3.8, 4) is 0 Å². The summed E-state index contributed by atoms with van der Waals surface area (Å²) in [5.41, 5.74) is -1.13. The monoisotopic (exact) mass is 449 g/mol. The average Bonchev–Trinajstić information content (AvgIpc) is 2.97. The molecule has 0 bridgehead atoms. The number of carbonyl (C=O) groups is 1. The zero-order chi connectivity index (χ0) is 22.8. The summed E-state index contributed by atoms with van der Waals surface area (Å²) in [6, 6.07) is 7.10. The molecule has 0 spiro atoms. The predicted molar refractivity (Wildman–Crippen MR) is 120 cm³/mol. The van der Waals surface area contributed by atoms with Crippen molar-refractivity contribution >= 4 is 5.97 Å². The normalized spacial score (nSPS) is 27.7. The summed E-state index contributed by atoms with van der Waals surface area (Å²) in [6.07, 6.45) is 8.90. The second-order valence-electron chi connectivity index (χ2n) is 10.4. The highest BCUT2D eigenvalue weighted by Crippen LogP contribution is 2.49. The van der Waals surface area contributed by atoms with Gasteiger partial charge in [-0.15, -0.1) is 0 Å². The van der Waals surface area contributed by atoms with Crippen LogP contribution in [0.1, 0.15) is 87.7 Å². The zero-order valence-corrected chi connectivity index (χ0v) is 18.9. The number of carboxylic acids is 1. The number of rotatable bonds is 6. The van der Waals surface area contributed by atoms with E-state index in [-0.39, 0.29) is 18.8 Å². The van der Waals surface area contributed by atoms with E-state index in [9.17, 15) is 23.8 Å². The Morgan fingerprint density at radius 3 is 2.28 bits per heavy atom. The maximum atomic E-state index is 13.9. The first-order chi connectivity index (χ1) is 15.3. The number of aliphatic carboxylic acids is 1. The molecule has 2 N–H and O–H groups in total. The Balaban J connectivity index is 1.48. The van der Waals surface area contributed by atoms with E-state index in [1.165, 1.54) is 38.5 Å². The molecule has 0 aromatic heterocycles. The minimum atomic E-state index is -2.91. The van der Waals surface area contributed by atoms with Crippen LogP contribution < -0.4 is 0 Å². The van der Waals surface area contributed by atoms with Crippen LogP contribution >= 0.6 is 0 Å². The number of piperidine rings is 1. The molecule has 32 heavy (non-hydrogen) atoms. The van der Waals surface area contributed by atoms with E-state index in [4.69, 9.17) is 0 Å². The Morgan fingerprint density at radius 1 is 1.03 bits per heavy atom. The Morgan fingerprint density at radius 2 is 1.69 bits per heavy atom. The van der Waals surface area contributed by atoms with Crippen LogP contribution in [0.5, 0.6) is 0 Å². The molecular weight excluding hydrogens is 412 g/mol. The Labute approximate surface area is 190 Å². The standard InChI is InChI=1S/C26H37F2NO3/c27-25(28)14-11-21(17-25)26(32,24(30)31)23-10-6-5-9-22(23)20-12-15-29(16-13-20)18-19-7-3-1-2-4-8-19/h5-6,9-10,19-21,32H,1-4,7-8,11-18H2,(H,30,31)/t21-,26-/m1/s1. The molecule has 0 radical (unpaired) electrons. The van der Waals surface area contributed by atoms with E-state index in [1.54, 1.807) is 12.1 Å². The van der Waals surface area contributed by atoms with E-state index >= 15 is 0 Å². The smallest absolute Gasteiger partial charge is 0.340 e. The first kappa shape index (κ1) is 23.6. The third-order valence-corrected chi connectivity index (χ3v) is 8.21. The summed E-state index contributed by atoms with van der Waals surface area (Å²) < 4.78 is 27.8. The van der Waals surface area contributed by atoms with Crippen molar-refractivity contribution in [1.29, 1.82) is 0 Å². The molecule has 2 aliphatic carbocycles. The first-order valence-corrected chi connectivity index (χ1v) is 12.4. The lowest BCUT2D eigenvalue weighted by Gasteiger charge is -2.37. The van der Waals surface area contributed by atoms with Crippen molar-refractivity contribution in [2.24, 2.45) is 11.8 Å². The number of carboxylic acid groups (broad SMARTS) is 1. The van der Waals surface area contributed by atoms with Gasteiger partial charge in [0.15, 0.2) is 5.60 Å². The van der Waals surface area contributed by atoms with Gasteiger partial charge in [0.25, 0.3) is 0 Å². The molecule has 0 unspecified atom stereocenters. The highest BCUT2D eigenvalue weighted by Gasteiger charge is 2.54. The first-order valence-electron chi connectivity index (χ1n) is 12.4. The van der Waals surface area contributed by atoms with Crippen LogP contribution in [0, 0.1) is 11.8 Å². The van der Waals surface area contributed by atoms with Gasteiger partial charge in [0.2, 0.25) is 5.92 Å². The summed E-state index contributed by atoms with van der Waals surface area (Å²) >= 11 is 0. The van der Waals surface area contributed by atoms with Crippen LogP contribution in [0.3, 0.4) is 0 Å². The van der Waals surface area contributed by atoms with E-state index < -0.39 is 29.8 Å². The van der Waals surface area contributed by atoms with Crippen LogP contribution in [0.25, 0.3) is 0 Å². The van der Waals surface area contributed by atoms with Gasteiger partial charge >= 0.3 is 5.97 Å². The fraction of sp³-hybridized carbons (Fsp3) is 0.731. The van der Waals surface area contributed by atoms with E-state index in [1.807, 2.05) is 12.1 Å². The number of aliphatic hydroxyl groups is 1. The molecule has 4 nitrogen and oxygen atoms in total. The van der Waals surface area contributed by atoms with Gasteiger partial charge in [-0.1, -0.05) is 49.9 Å². The van der Waals surface area contributed by atoms with Gasteiger partial charge in [-0.3, -0.25) is 0 Å². The van der Waals surface area contributed by atoms with E-state index in [0.717, 1.165) is 44.0 Å². The molecule has 1 saturated heterocycles. The van der Waals surface area contributed by atoms with E-state index in [2.05, 4.69) is 4.90 Å². The minimum Gasteiger partial charge on any atom is -0.479 e. The largest absolute Gasteiger partial charge is 0.479 e. The third-order valence-electron chi connectivity index (χ3n) is 8.21. The van der Waals surface area contributed by atoms with Crippen molar-refractivity contribution in [2.45, 2.75) is 88.1 Å². The lowest BCUT2D eigenvalue weighted by atomic mass is 9.74. The lowest BCUT2D eigenvalue weighted by Crippen LogP contribution is -2.44. The van der Waals surface area contributed by atoms with Crippen molar-refractivity contribution in [1.82, 2.24) is 4.90 Å². The number of likely N-dealkylation sites (tertiary alicyclic amines) is 1. The number of benzene rings is 1. The Hall–Kier alpha value is -1.53. The summed E-state index contributed by atoms with van der Waals surface area (Å²) in [7, 11) is 0. The van der Waals surface area contributed by atoms with Gasteiger partial charge in [-0.2, -0.15) is 0 Å². The van der Waals surface area contributed by atoms with Crippen molar-refractivity contribution in [2.75, 3.05) is 19.6 Å². The van der Waals surface area contributed by atoms with Crippen LogP contribution in [-0.4, -0.2) is 46.6 Å². The summed E-state index contributed by atoms with van der Waals surface area (Å²) in [6.45, 7) is 3.07. The number of nitrogens with zero attached hydrogens (tertiary/aromatic N) is 1. The van der Waals surface area contributed by atoms with Gasteiger partial charge < -0.3 is 15.1 Å². The quantitative estimate of drug-likeness (QED) is 0.560. The number of hydrogen-bond acceptors (Lipinski definition) is 3. The summed E-state index contributed by atoms with van der Waals surface area (Å²) in [5, 5.41) is 21.3. The number of alkyl halides is 2. The van der Waals surface area contributed by atoms with Crippen LogP contribution in [0.2, 0.25) is 0 Å². The molecule has 1 heterocycles. The zero-order valence-electron chi connectivity index (χ0n) is 18.9. The molecule has 4 rings (SSSR count). The minimum absolute atomic E-state index is 0.0178. The summed E-state index contributed by atoms with van der Waals surface area (Å²) in [4.78, 5) is 14.8. The van der Waals surface area contributed by atoms with Crippen molar-refractivity contribution in [3.05, 3.63) is 35.4 Å². The molecule has 178 valence electrons. The van der Waals surface area contributed by atoms with E-state index in [0.29, 0.717) is 5.56 Å². The fourth-order valence-electron chi connectivity index (χ4n) is 6.35. The fourth-order valence-corrected chi connectivity index (χ4v) is 6.35. The third kappa shape index (κ3) is 5.01. The average molecular weight is 450 g/mol. The molecule has 3 aliphatic rings. The van der Waals surface area contributed by atoms with Gasteiger partial charge in [-0.05, 0) is 68.2 Å². The SMILES string of the molecule is O=C(O)[C@](O)(c1ccccc1C1CCN(CC2CCCCCC2)CC1)[C@@H]1CCC(F)(F)C1. The second-order valence-corrected chi connectivity index (χ2v) is 10.4. The highest BCUT2D eigenvalue weighted by atomic mass is 19.3. The lowest BCUT2D eigenvalue weighted by molar-refractivity contribution is -0.167. The Kier molecular flexibility index (Phi) is 7.21. The molecule has 1 aromatic rings. The van der Waals surface area contributed by atoms with Gasteiger partial charge in [0.1, 0.15) is 0 Å². The van der Waals surface area contributed by atoms with Crippen LogP contribution in [0.15, 0.2) is 24.3 Å². The molecular formula is C26H37F2NO3. The van der Waals surface area contributed by atoms with Crippen molar-refractivity contribution in [3.63, 3.8) is 0 Å². The van der Waals surface area contributed by atoms with Crippen LogP contribution in [-0.2, 0) is 10.4 Å². The molecule has 3 fully saturated rings. The number of halogens is 2. The van der Waals surface area contributed by atoms with Crippen LogP contribution in [0.4, 0.5) is 8.78 Å². The number of hydrogen-bond donors (Lipinski definition) is 2. The molecule has 1 aliphatic heterocycles. The van der Waals surface area contributed by atoms with Gasteiger partial charge in [0, 0.05) is 25.3 Å². The maximum Gasteiger partial charge on any atom is 0.340 e. The predicted octanol–water partition coefficient (Wildman–Crippen LogP) is 5.54. The highest BCUT2D eigenvalue weighted by molar-refractivity contribution is 5.80. The molecule has 2 saturated carbocycles. The molecule has 2 atom stereocenters. The molecule has 6 heteroatoms. The molecule has 1 aromatic carbocycles. The topological polar surface area (TPSA) is 60.8 Å². The second kappa shape index (κ2) is 9.76. The van der Waals surface area contributed by atoms with Crippen molar-refractivity contribution < 1.29 is 23.8 Å². The van der Waals surface area contributed by atoms with Gasteiger partial charge in [-0.25, -0.2) is 13.6 Å². The summed E-state index contributed by atoms with van der Waals surface area (Å²) in [5.74, 6) is -4.39. The van der Waals surface area contributed by atoms with Gasteiger partial charge in [0.05, 0.1) is 0 Å². The molecule has 0 amide bonds. The Bertz CT molecular complexity index is 785. The maximum absolute atomic E-state index is 13.9.